The summed E-state index contributed by atoms with van der Waals surface area (Å²) >= 11 is 1.23. The maximum Gasteiger partial charge on any atom is 0.417 e. The number of aromatic amines is 1. The van der Waals surface area contributed by atoms with Crippen molar-refractivity contribution in [2.75, 3.05) is 20.2 Å². The highest BCUT2D eigenvalue weighted by molar-refractivity contribution is 7.10. The van der Waals surface area contributed by atoms with Crippen molar-refractivity contribution in [3.8, 4) is 17.3 Å². The Morgan fingerprint density at radius 1 is 1.26 bits per heavy atom. The number of rotatable bonds is 12. The number of nitrogens with zero attached hydrogens (tertiary/aromatic N) is 5. The maximum atomic E-state index is 15.2. The molecular formula is C32H33ClF2IN7O6S. The smallest absolute Gasteiger partial charge is 0.417 e. The first-order valence-electron chi connectivity index (χ1n) is 14.9. The molecule has 0 radical (unpaired) electrons. The minimum Gasteiger partial charge on any atom is -1.00 e. The van der Waals surface area contributed by atoms with Gasteiger partial charge in [-0.15, -0.1) is 23.7 Å². The monoisotopic (exact) mass is 843 g/mol. The van der Waals surface area contributed by atoms with Crippen LogP contribution in [-0.4, -0.2) is 69.3 Å². The highest BCUT2D eigenvalue weighted by Crippen LogP contribution is 2.41. The van der Waals surface area contributed by atoms with E-state index in [-0.39, 0.29) is 80.5 Å². The van der Waals surface area contributed by atoms with Crippen LogP contribution in [0.1, 0.15) is 47.6 Å². The molecule has 13 nitrogen and oxygen atoms in total. The van der Waals surface area contributed by atoms with Crippen LogP contribution in [-0.2, 0) is 37.8 Å². The molecule has 0 bridgehead atoms. The SMILES string of the molecule is CNCC(=O)OCC1CCC(=O)N1C(=O)OCc1nc[n+](C[C@](O)(c2cc(F)ccc2F)[C@@H](C)c2nc(-c3ccc(C#N)cc3)cs2)[nH]1.Cl.[I-]. The Balaban J connectivity index is 0.00000338. The van der Waals surface area contributed by atoms with Gasteiger partial charge in [0.15, 0.2) is 6.61 Å². The van der Waals surface area contributed by atoms with E-state index in [2.05, 4.69) is 26.5 Å². The largest absolute Gasteiger partial charge is 1.00 e. The molecule has 1 fully saturated rings. The first-order chi connectivity index (χ1) is 23.0. The number of likely N-dealkylation sites (N-methyl/N-ethyl adjacent to an activating group) is 1. The number of aliphatic hydroxyl groups is 1. The third-order valence-electron chi connectivity index (χ3n) is 7.96. The van der Waals surface area contributed by atoms with Crippen LogP contribution >= 0.6 is 23.7 Å². The predicted octanol–water partition coefficient (Wildman–Crippen LogP) is 0.478. The van der Waals surface area contributed by atoms with E-state index >= 15 is 4.39 Å². The topological polar surface area (TPSA) is 174 Å². The molecule has 3 N–H and O–H groups in total. The molecule has 1 unspecified atom stereocenters. The summed E-state index contributed by atoms with van der Waals surface area (Å²) in [7, 11) is 1.58. The van der Waals surface area contributed by atoms with Crippen LogP contribution in [0, 0.1) is 23.0 Å². The summed E-state index contributed by atoms with van der Waals surface area (Å²) in [6.07, 6.45) is 0.755. The molecule has 266 valence electrons. The highest BCUT2D eigenvalue weighted by atomic mass is 127. The van der Waals surface area contributed by atoms with Crippen molar-refractivity contribution in [2.24, 2.45) is 0 Å². The Kier molecular flexibility index (Phi) is 14.3. The number of carbonyl (C=O) groups excluding carboxylic acids is 3. The van der Waals surface area contributed by atoms with Crippen molar-refractivity contribution in [3.63, 3.8) is 0 Å². The van der Waals surface area contributed by atoms with E-state index in [4.69, 9.17) is 14.7 Å². The number of benzene rings is 2. The van der Waals surface area contributed by atoms with Crippen LogP contribution in [0.15, 0.2) is 54.2 Å². The molecule has 2 amide bonds. The zero-order valence-electron chi connectivity index (χ0n) is 26.8. The van der Waals surface area contributed by atoms with Crippen LogP contribution in [0.4, 0.5) is 13.6 Å². The number of hydrogen-bond donors (Lipinski definition) is 3. The zero-order valence-corrected chi connectivity index (χ0v) is 30.6. The van der Waals surface area contributed by atoms with Gasteiger partial charge in [0, 0.05) is 28.8 Å². The fraction of sp³-hybridized carbons (Fsp3) is 0.344. The molecule has 2 aromatic heterocycles. The van der Waals surface area contributed by atoms with Crippen LogP contribution in [0.25, 0.3) is 11.3 Å². The van der Waals surface area contributed by atoms with Crippen molar-refractivity contribution in [3.05, 3.63) is 87.8 Å². The number of carbonyl (C=O) groups is 3. The molecule has 3 atom stereocenters. The van der Waals surface area contributed by atoms with Gasteiger partial charge in [0.1, 0.15) is 30.4 Å². The fourth-order valence-corrected chi connectivity index (χ4v) is 6.30. The summed E-state index contributed by atoms with van der Waals surface area (Å²) in [5, 5.41) is 29.0. The number of nitriles is 1. The Morgan fingerprint density at radius 3 is 2.70 bits per heavy atom. The first-order valence-corrected chi connectivity index (χ1v) is 15.8. The quantitative estimate of drug-likeness (QED) is 0.104. The van der Waals surface area contributed by atoms with E-state index in [1.54, 1.807) is 43.6 Å². The average molecular weight is 844 g/mol. The summed E-state index contributed by atoms with van der Waals surface area (Å²) in [4.78, 5) is 46.7. The number of ether oxygens (including phenoxy) is 2. The number of thiazole rings is 1. The van der Waals surface area contributed by atoms with Gasteiger partial charge in [-0.25, -0.2) is 23.5 Å². The maximum absolute atomic E-state index is 15.2. The highest BCUT2D eigenvalue weighted by Gasteiger charge is 2.44. The van der Waals surface area contributed by atoms with Gasteiger partial charge >= 0.3 is 18.4 Å². The van der Waals surface area contributed by atoms with E-state index in [1.165, 1.54) is 22.3 Å². The lowest BCUT2D eigenvalue weighted by atomic mass is 9.82. The second-order valence-corrected chi connectivity index (χ2v) is 12.1. The Morgan fingerprint density at radius 2 is 2.00 bits per heavy atom. The van der Waals surface area contributed by atoms with Gasteiger partial charge in [0.2, 0.25) is 5.91 Å². The third-order valence-corrected chi connectivity index (χ3v) is 8.99. The molecule has 0 aliphatic carbocycles. The Bertz CT molecular complexity index is 1860. The lowest BCUT2D eigenvalue weighted by Gasteiger charge is -2.32. The summed E-state index contributed by atoms with van der Waals surface area (Å²) < 4.78 is 41.4. The molecule has 18 heteroatoms. The lowest BCUT2D eigenvalue weighted by molar-refractivity contribution is -0.765. The summed E-state index contributed by atoms with van der Waals surface area (Å²) in [5.74, 6) is -3.29. The van der Waals surface area contributed by atoms with Gasteiger partial charge in [-0.3, -0.25) is 9.59 Å². The van der Waals surface area contributed by atoms with E-state index in [0.29, 0.717) is 22.7 Å². The number of imide groups is 1. The molecule has 1 saturated heterocycles. The Labute approximate surface area is 313 Å². The predicted molar refractivity (Wildman–Crippen MR) is 172 cm³/mol. The van der Waals surface area contributed by atoms with Crippen LogP contribution < -0.4 is 34.0 Å². The molecule has 1 aliphatic rings. The minimum absolute atomic E-state index is 0. The summed E-state index contributed by atoms with van der Waals surface area (Å²) in [6.45, 7) is 0.748. The summed E-state index contributed by atoms with van der Waals surface area (Å²) in [6, 6.07) is 11.0. The lowest BCUT2D eigenvalue weighted by Crippen LogP contribution is -3.00. The molecular weight excluding hydrogens is 811 g/mol. The molecule has 5 rings (SSSR count). The molecule has 50 heavy (non-hydrogen) atoms. The molecule has 0 spiro atoms. The van der Waals surface area contributed by atoms with Gasteiger partial charge in [-0.2, -0.15) is 15.0 Å². The normalized spacial score (nSPS) is 15.6. The average Bonchev–Trinajstić information content (AvgIpc) is 3.84. The van der Waals surface area contributed by atoms with Gasteiger partial charge in [-0.05, 0) is 48.8 Å². The summed E-state index contributed by atoms with van der Waals surface area (Å²) in [5.41, 5.74) is -0.531. The van der Waals surface area contributed by atoms with Crippen molar-refractivity contribution in [1.82, 2.24) is 25.3 Å². The zero-order chi connectivity index (χ0) is 34.4. The van der Waals surface area contributed by atoms with Crippen LogP contribution in [0.5, 0.6) is 0 Å². The number of hydrogen-bond acceptors (Lipinski definition) is 11. The molecule has 4 aromatic rings. The second kappa shape index (κ2) is 17.7. The molecule has 0 saturated carbocycles. The number of likely N-dealkylation sites (tertiary alicyclic amines) is 1. The first kappa shape index (κ1) is 40.3. The number of esters is 1. The van der Waals surface area contributed by atoms with E-state index in [1.807, 2.05) is 0 Å². The number of halogens is 4. The molecule has 3 heterocycles. The van der Waals surface area contributed by atoms with Gasteiger partial charge in [0.25, 0.3) is 5.82 Å². The van der Waals surface area contributed by atoms with Gasteiger partial charge in [-0.1, -0.05) is 19.1 Å². The minimum atomic E-state index is -2.04. The number of H-pyrrole nitrogens is 1. The Hall–Kier alpha value is -4.09. The van der Waals surface area contributed by atoms with Crippen LogP contribution in [0.3, 0.4) is 0 Å². The van der Waals surface area contributed by atoms with Crippen molar-refractivity contribution < 1.29 is 66.4 Å². The van der Waals surface area contributed by atoms with Crippen molar-refractivity contribution in [2.45, 2.75) is 50.5 Å². The number of aromatic nitrogens is 4. The van der Waals surface area contributed by atoms with Gasteiger partial charge < -0.3 is 43.9 Å². The number of amides is 2. The third kappa shape index (κ3) is 9.17. The van der Waals surface area contributed by atoms with E-state index < -0.39 is 47.2 Å². The number of nitrogens with one attached hydrogen (secondary N) is 2. The molecule has 1 aliphatic heterocycles. The van der Waals surface area contributed by atoms with Crippen molar-refractivity contribution >= 4 is 41.7 Å². The van der Waals surface area contributed by atoms with Crippen molar-refractivity contribution in [1.29, 1.82) is 5.26 Å². The molecule has 2 aromatic carbocycles. The van der Waals surface area contributed by atoms with Gasteiger partial charge in [0.05, 0.1) is 34.9 Å². The fourth-order valence-electron chi connectivity index (χ4n) is 5.33. The standard InChI is InChI=1S/C32H31F2N7O6S.ClH.HI/c1-19(30-38-26(16-48-30)21-5-3-20(12-35)4-6-21)32(45,24-11-22(33)7-9-25(24)34)17-40-18-37-27(39-40)15-47-31(44)41-23(8-10-28(41)42)14-46-29(43)13-36-2;;/h3-7,9,11,16,18-19,23,36,45H,8,10,13-15,17H2,1-2H3;2*1H/t19-,23?,32+;;/m0../s1. The van der Waals surface area contributed by atoms with E-state index in [9.17, 15) is 23.9 Å². The van der Waals surface area contributed by atoms with Crippen LogP contribution in [0.2, 0.25) is 0 Å². The second-order valence-electron chi connectivity index (χ2n) is 11.2. The van der Waals surface area contributed by atoms with E-state index in [0.717, 1.165) is 28.7 Å².